The van der Waals surface area contributed by atoms with Gasteiger partial charge in [0.1, 0.15) is 4.90 Å². The third-order valence-corrected chi connectivity index (χ3v) is 6.01. The molecule has 0 atom stereocenters. The van der Waals surface area contributed by atoms with Gasteiger partial charge in [0.05, 0.1) is 22.9 Å². The minimum Gasteiger partial charge on any atom is -0.322 e. The molecule has 28 heavy (non-hydrogen) atoms. The highest BCUT2D eigenvalue weighted by Crippen LogP contribution is 2.25. The summed E-state index contributed by atoms with van der Waals surface area (Å²) in [6, 6.07) is 23.0. The van der Waals surface area contributed by atoms with Gasteiger partial charge in [-0.1, -0.05) is 30.3 Å². The van der Waals surface area contributed by atoms with E-state index in [0.29, 0.717) is 16.9 Å². The Bertz CT molecular complexity index is 1140. The fraction of sp³-hybridized carbons (Fsp3) is 0.0476. The maximum Gasteiger partial charge on any atom is 0.264 e. The van der Waals surface area contributed by atoms with Crippen LogP contribution in [0.5, 0.6) is 0 Å². The van der Waals surface area contributed by atoms with Gasteiger partial charge in [-0.2, -0.15) is 5.26 Å². The number of para-hydroxylation sites is 1. The molecule has 1 N–H and O–H groups in total. The molecule has 6 nitrogen and oxygen atoms in total. The molecule has 0 heterocycles. The molecule has 3 aromatic rings. The van der Waals surface area contributed by atoms with Crippen molar-refractivity contribution in [3.8, 4) is 6.07 Å². The first-order chi connectivity index (χ1) is 13.4. The number of anilines is 2. The third-order valence-electron chi connectivity index (χ3n) is 4.16. The molecular formula is C21H17N3O3S. The summed E-state index contributed by atoms with van der Waals surface area (Å²) in [4.78, 5) is 12.6. The molecule has 0 fully saturated rings. The molecule has 0 aliphatic heterocycles. The number of sulfonamides is 1. The number of amides is 1. The summed E-state index contributed by atoms with van der Waals surface area (Å²) in [7, 11) is -2.50. The quantitative estimate of drug-likeness (QED) is 0.719. The molecule has 0 unspecified atom stereocenters. The van der Waals surface area contributed by atoms with E-state index < -0.39 is 15.9 Å². The van der Waals surface area contributed by atoms with Crippen LogP contribution in [0, 0.1) is 11.3 Å². The van der Waals surface area contributed by atoms with Crippen LogP contribution >= 0.6 is 0 Å². The Labute approximate surface area is 163 Å². The lowest BCUT2D eigenvalue weighted by Gasteiger charge is -2.21. The molecule has 3 rings (SSSR count). The van der Waals surface area contributed by atoms with Gasteiger partial charge in [0.15, 0.2) is 0 Å². The highest BCUT2D eigenvalue weighted by Gasteiger charge is 2.26. The zero-order valence-corrected chi connectivity index (χ0v) is 15.8. The summed E-state index contributed by atoms with van der Waals surface area (Å²) in [6.07, 6.45) is 0. The second kappa shape index (κ2) is 7.94. The average Bonchev–Trinajstić information content (AvgIpc) is 2.74. The van der Waals surface area contributed by atoms with E-state index in [1.165, 1.54) is 19.2 Å². The number of hydrogen-bond donors (Lipinski definition) is 1. The van der Waals surface area contributed by atoms with Crippen LogP contribution in [0.15, 0.2) is 83.8 Å². The topological polar surface area (TPSA) is 90.3 Å². The number of benzene rings is 3. The van der Waals surface area contributed by atoms with Crippen LogP contribution in [-0.2, 0) is 10.0 Å². The van der Waals surface area contributed by atoms with E-state index in [1.54, 1.807) is 66.7 Å². The van der Waals surface area contributed by atoms with Crippen LogP contribution in [0.1, 0.15) is 15.9 Å². The lowest BCUT2D eigenvalue weighted by Crippen LogP contribution is -2.28. The van der Waals surface area contributed by atoms with E-state index in [2.05, 4.69) is 5.32 Å². The number of rotatable bonds is 5. The standard InChI is InChI=1S/C21H17N3O3S/c1-24(18-7-3-2-4-8-18)28(26,27)20-10-6-5-9-19(20)21(25)23-17-13-11-16(15-22)12-14-17/h2-14H,1H3,(H,23,25). The van der Waals surface area contributed by atoms with Crippen molar-refractivity contribution in [1.29, 1.82) is 5.26 Å². The molecule has 1 amide bonds. The van der Waals surface area contributed by atoms with Crippen molar-refractivity contribution < 1.29 is 13.2 Å². The van der Waals surface area contributed by atoms with Gasteiger partial charge in [-0.3, -0.25) is 9.10 Å². The van der Waals surface area contributed by atoms with E-state index in [4.69, 9.17) is 5.26 Å². The zero-order chi connectivity index (χ0) is 20.1. The highest BCUT2D eigenvalue weighted by molar-refractivity contribution is 7.92. The van der Waals surface area contributed by atoms with Gasteiger partial charge in [0.25, 0.3) is 15.9 Å². The number of carbonyl (C=O) groups is 1. The van der Waals surface area contributed by atoms with Gasteiger partial charge >= 0.3 is 0 Å². The normalized spacial score (nSPS) is 10.7. The van der Waals surface area contributed by atoms with Gasteiger partial charge in [-0.15, -0.1) is 0 Å². The first-order valence-electron chi connectivity index (χ1n) is 8.38. The van der Waals surface area contributed by atoms with Gasteiger partial charge in [0, 0.05) is 12.7 Å². The fourth-order valence-electron chi connectivity index (χ4n) is 2.63. The predicted octanol–water partition coefficient (Wildman–Crippen LogP) is 3.64. The Hall–Kier alpha value is -3.63. The van der Waals surface area contributed by atoms with Crippen LogP contribution in [0.4, 0.5) is 11.4 Å². The summed E-state index contributed by atoms with van der Waals surface area (Å²) in [6.45, 7) is 0. The summed E-state index contributed by atoms with van der Waals surface area (Å²) in [5.74, 6) is -0.551. The molecule has 0 aliphatic carbocycles. The molecule has 0 saturated heterocycles. The Morgan fingerprint density at radius 2 is 1.54 bits per heavy atom. The zero-order valence-electron chi connectivity index (χ0n) is 15.0. The Kier molecular flexibility index (Phi) is 5.43. The highest BCUT2D eigenvalue weighted by atomic mass is 32.2. The maximum absolute atomic E-state index is 13.1. The second-order valence-corrected chi connectivity index (χ2v) is 7.89. The predicted molar refractivity (Wildman–Crippen MR) is 108 cm³/mol. The van der Waals surface area contributed by atoms with E-state index >= 15 is 0 Å². The molecule has 0 aliphatic rings. The van der Waals surface area contributed by atoms with Crippen molar-refractivity contribution in [3.63, 3.8) is 0 Å². The van der Waals surface area contributed by atoms with E-state index in [9.17, 15) is 13.2 Å². The summed E-state index contributed by atoms with van der Waals surface area (Å²) < 4.78 is 27.3. The molecule has 7 heteroatoms. The third kappa shape index (κ3) is 3.87. The van der Waals surface area contributed by atoms with Crippen LogP contribution in [-0.4, -0.2) is 21.4 Å². The number of nitriles is 1. The summed E-state index contributed by atoms with van der Waals surface area (Å²) >= 11 is 0. The van der Waals surface area contributed by atoms with Crippen LogP contribution in [0.3, 0.4) is 0 Å². The van der Waals surface area contributed by atoms with E-state index in [0.717, 1.165) is 4.31 Å². The minimum absolute atomic E-state index is 0.0367. The van der Waals surface area contributed by atoms with E-state index in [1.807, 2.05) is 6.07 Å². The van der Waals surface area contributed by atoms with Crippen molar-refractivity contribution in [2.45, 2.75) is 4.90 Å². The van der Waals surface area contributed by atoms with Crippen molar-refractivity contribution >= 4 is 27.3 Å². The van der Waals surface area contributed by atoms with Gasteiger partial charge in [-0.05, 0) is 48.5 Å². The second-order valence-electron chi connectivity index (χ2n) is 5.95. The van der Waals surface area contributed by atoms with Crippen molar-refractivity contribution in [3.05, 3.63) is 90.0 Å². The maximum atomic E-state index is 13.1. The number of hydrogen-bond acceptors (Lipinski definition) is 4. The van der Waals surface area contributed by atoms with Crippen LogP contribution in [0.25, 0.3) is 0 Å². The molecule has 3 aromatic carbocycles. The van der Waals surface area contributed by atoms with Gasteiger partial charge in [0.2, 0.25) is 0 Å². The minimum atomic E-state index is -3.94. The molecule has 0 spiro atoms. The van der Waals surface area contributed by atoms with Gasteiger partial charge < -0.3 is 5.32 Å². The molecule has 0 radical (unpaired) electrons. The van der Waals surface area contributed by atoms with Crippen LogP contribution < -0.4 is 9.62 Å². The van der Waals surface area contributed by atoms with Crippen molar-refractivity contribution in [2.24, 2.45) is 0 Å². The molecular weight excluding hydrogens is 374 g/mol. The summed E-state index contributed by atoms with van der Waals surface area (Å²) in [5, 5.41) is 11.5. The SMILES string of the molecule is CN(c1ccccc1)S(=O)(=O)c1ccccc1C(=O)Nc1ccc(C#N)cc1. The Morgan fingerprint density at radius 3 is 2.18 bits per heavy atom. The van der Waals surface area contributed by atoms with Crippen LogP contribution in [0.2, 0.25) is 0 Å². The molecule has 0 aromatic heterocycles. The lowest BCUT2D eigenvalue weighted by molar-refractivity contribution is 0.102. The van der Waals surface area contributed by atoms with Crippen molar-refractivity contribution in [1.82, 2.24) is 0 Å². The number of nitrogens with zero attached hydrogens (tertiary/aromatic N) is 2. The smallest absolute Gasteiger partial charge is 0.264 e. The number of carbonyl (C=O) groups excluding carboxylic acids is 1. The average molecular weight is 391 g/mol. The molecule has 140 valence electrons. The first-order valence-corrected chi connectivity index (χ1v) is 9.82. The lowest BCUT2D eigenvalue weighted by atomic mass is 10.2. The fourth-order valence-corrected chi connectivity index (χ4v) is 4.01. The first kappa shape index (κ1) is 19.1. The molecule has 0 saturated carbocycles. The van der Waals surface area contributed by atoms with E-state index in [-0.39, 0.29) is 10.5 Å². The number of nitrogens with one attached hydrogen (secondary N) is 1. The van der Waals surface area contributed by atoms with Gasteiger partial charge in [-0.25, -0.2) is 8.42 Å². The summed E-state index contributed by atoms with van der Waals surface area (Å²) in [5.41, 5.74) is 1.46. The van der Waals surface area contributed by atoms with Crippen molar-refractivity contribution in [2.75, 3.05) is 16.7 Å². The molecule has 0 bridgehead atoms. The Balaban J connectivity index is 1.94. The largest absolute Gasteiger partial charge is 0.322 e. The monoisotopic (exact) mass is 391 g/mol. The Morgan fingerprint density at radius 1 is 0.929 bits per heavy atom.